The van der Waals surface area contributed by atoms with Gasteiger partial charge in [0.05, 0.1) is 18.1 Å². The molecule has 2 aromatic carbocycles. The van der Waals surface area contributed by atoms with E-state index in [-0.39, 0.29) is 24.2 Å². The Morgan fingerprint density at radius 3 is 2.34 bits per heavy atom. The molecule has 2 atom stereocenters. The van der Waals surface area contributed by atoms with Gasteiger partial charge < -0.3 is 24.3 Å². The van der Waals surface area contributed by atoms with Crippen molar-refractivity contribution in [3.8, 4) is 5.75 Å². The topological polar surface area (TPSA) is 85.7 Å². The number of anilines is 2. The van der Waals surface area contributed by atoms with Gasteiger partial charge in [-0.1, -0.05) is 13.8 Å². The zero-order valence-corrected chi connectivity index (χ0v) is 21.7. The number of nitrogens with one attached hydrogen (secondary N) is 1. The zero-order valence-electron chi connectivity index (χ0n) is 21.7. The molecule has 204 valence electrons. The molecule has 0 bridgehead atoms. The van der Waals surface area contributed by atoms with E-state index in [1.165, 1.54) is 43.3 Å². The molecule has 3 aromatic rings. The molecule has 1 heterocycles. The average Bonchev–Trinajstić information content (AvgIpc) is 3.20. The smallest absolute Gasteiger partial charge is 0.468 e. The van der Waals surface area contributed by atoms with Crippen LogP contribution in [0, 0.1) is 11.8 Å². The van der Waals surface area contributed by atoms with Gasteiger partial charge in [0.2, 0.25) is 5.95 Å². The van der Waals surface area contributed by atoms with Crippen LogP contribution in [0.15, 0.2) is 42.5 Å². The number of hydrogen-bond donors (Lipinski definition) is 1. The van der Waals surface area contributed by atoms with E-state index in [0.29, 0.717) is 34.6 Å². The normalized spacial score (nSPS) is 19.7. The molecule has 1 fully saturated rings. The maximum absolute atomic E-state index is 13.0. The first-order chi connectivity index (χ1) is 17.9. The highest BCUT2D eigenvalue weighted by atomic mass is 19.4. The van der Waals surface area contributed by atoms with Gasteiger partial charge in [-0.2, -0.15) is 0 Å². The molecule has 2 unspecified atom stereocenters. The van der Waals surface area contributed by atoms with Crippen LogP contribution in [0.25, 0.3) is 11.0 Å². The Balaban J connectivity index is 1.71. The fourth-order valence-electron chi connectivity index (χ4n) is 5.22. The number of esters is 1. The van der Waals surface area contributed by atoms with Crippen LogP contribution in [-0.2, 0) is 9.53 Å². The minimum Gasteiger partial charge on any atom is -0.468 e. The molecule has 0 saturated heterocycles. The monoisotopic (exact) mass is 532 g/mol. The molecule has 1 saturated carbocycles. The van der Waals surface area contributed by atoms with Crippen LogP contribution >= 0.6 is 0 Å². The fraction of sp³-hybridized carbons (Fsp3) is 0.444. The Labute approximate surface area is 218 Å². The third kappa shape index (κ3) is 6.38. The summed E-state index contributed by atoms with van der Waals surface area (Å²) in [6.45, 7) is 4.25. The Bertz CT molecular complexity index is 1300. The molecule has 11 heteroatoms. The van der Waals surface area contributed by atoms with Crippen LogP contribution < -0.4 is 10.1 Å². The van der Waals surface area contributed by atoms with E-state index in [4.69, 9.17) is 4.98 Å². The van der Waals surface area contributed by atoms with Gasteiger partial charge in [-0.3, -0.25) is 9.59 Å². The summed E-state index contributed by atoms with van der Waals surface area (Å²) in [6, 6.07) is 10.8. The Kier molecular flexibility index (Phi) is 7.84. The number of ether oxygens (including phenoxy) is 2. The molecule has 1 N–H and O–H groups in total. The minimum atomic E-state index is -4.77. The van der Waals surface area contributed by atoms with Crippen LogP contribution in [0.4, 0.5) is 24.8 Å². The van der Waals surface area contributed by atoms with Gasteiger partial charge in [0.1, 0.15) is 12.3 Å². The standard InChI is InChI=1S/C27H31F3N4O4/c1-16-11-17(2)13-20(12-16)34-23-14-18(25(36)33(3)15-24(35)37-4)5-10-22(23)32-26(34)31-19-6-8-21(9-7-19)38-27(28,29)30/h5-10,14,16-17,20H,11-13,15H2,1-4H3,(H,31,32). The first kappa shape index (κ1) is 27.3. The van der Waals surface area contributed by atoms with Gasteiger partial charge in [0.25, 0.3) is 5.91 Å². The van der Waals surface area contributed by atoms with Crippen molar-refractivity contribution in [2.75, 3.05) is 26.0 Å². The quantitative estimate of drug-likeness (QED) is 0.380. The summed E-state index contributed by atoms with van der Waals surface area (Å²) in [7, 11) is 2.80. The number of imidazole rings is 1. The number of methoxy groups -OCH3 is 1. The number of carbonyl (C=O) groups excluding carboxylic acids is 2. The lowest BCUT2D eigenvalue weighted by molar-refractivity contribution is -0.274. The van der Waals surface area contributed by atoms with Crippen molar-refractivity contribution < 1.29 is 32.2 Å². The van der Waals surface area contributed by atoms with E-state index in [0.717, 1.165) is 24.8 Å². The summed E-state index contributed by atoms with van der Waals surface area (Å²) in [4.78, 5) is 30.8. The maximum Gasteiger partial charge on any atom is 0.573 e. The number of amides is 1. The van der Waals surface area contributed by atoms with Crippen LogP contribution in [0.2, 0.25) is 0 Å². The summed E-state index contributed by atoms with van der Waals surface area (Å²) in [5, 5.41) is 3.24. The van der Waals surface area contributed by atoms with E-state index in [9.17, 15) is 22.8 Å². The van der Waals surface area contributed by atoms with E-state index in [1.54, 1.807) is 18.2 Å². The second-order valence-corrected chi connectivity index (χ2v) is 10.0. The fourth-order valence-corrected chi connectivity index (χ4v) is 5.22. The van der Waals surface area contributed by atoms with E-state index >= 15 is 0 Å². The number of benzene rings is 2. The largest absolute Gasteiger partial charge is 0.573 e. The molecule has 38 heavy (non-hydrogen) atoms. The number of fused-ring (bicyclic) bond motifs is 1. The van der Waals surface area contributed by atoms with Crippen LogP contribution in [0.5, 0.6) is 5.75 Å². The van der Waals surface area contributed by atoms with Crippen molar-refractivity contribution in [1.29, 1.82) is 0 Å². The Hall–Kier alpha value is -3.76. The van der Waals surface area contributed by atoms with Crippen molar-refractivity contribution in [3.63, 3.8) is 0 Å². The third-order valence-electron chi connectivity index (χ3n) is 6.74. The highest BCUT2D eigenvalue weighted by Gasteiger charge is 2.31. The van der Waals surface area contributed by atoms with E-state index in [2.05, 4.69) is 33.2 Å². The highest BCUT2D eigenvalue weighted by molar-refractivity contribution is 5.99. The van der Waals surface area contributed by atoms with Crippen LogP contribution in [0.1, 0.15) is 49.5 Å². The molecule has 8 nitrogen and oxygen atoms in total. The molecule has 0 aliphatic heterocycles. The lowest BCUT2D eigenvalue weighted by Crippen LogP contribution is -2.32. The van der Waals surface area contributed by atoms with Crippen molar-refractivity contribution in [2.45, 2.75) is 45.5 Å². The zero-order chi connectivity index (χ0) is 27.6. The molecule has 1 amide bonds. The van der Waals surface area contributed by atoms with Gasteiger partial charge in [-0.15, -0.1) is 13.2 Å². The van der Waals surface area contributed by atoms with Gasteiger partial charge in [-0.05, 0) is 73.6 Å². The summed E-state index contributed by atoms with van der Waals surface area (Å²) in [6.07, 6.45) is -1.81. The van der Waals surface area contributed by atoms with E-state index in [1.807, 2.05) is 0 Å². The van der Waals surface area contributed by atoms with Gasteiger partial charge in [0, 0.05) is 24.3 Å². The van der Waals surface area contributed by atoms with Crippen LogP contribution in [0.3, 0.4) is 0 Å². The van der Waals surface area contributed by atoms with E-state index < -0.39 is 12.3 Å². The predicted octanol–water partition coefficient (Wildman–Crippen LogP) is 5.92. The number of alkyl halides is 3. The number of nitrogens with zero attached hydrogens (tertiary/aromatic N) is 3. The van der Waals surface area contributed by atoms with Crippen molar-refractivity contribution in [2.24, 2.45) is 11.8 Å². The highest BCUT2D eigenvalue weighted by Crippen LogP contribution is 2.40. The summed E-state index contributed by atoms with van der Waals surface area (Å²) in [5.41, 5.74) is 2.37. The molecule has 1 aliphatic carbocycles. The first-order valence-electron chi connectivity index (χ1n) is 12.4. The SMILES string of the molecule is COC(=O)CN(C)C(=O)c1ccc2nc(Nc3ccc(OC(F)(F)F)cc3)n(C3CC(C)CC(C)C3)c2c1. The van der Waals surface area contributed by atoms with Crippen LogP contribution in [-0.4, -0.2) is 53.4 Å². The lowest BCUT2D eigenvalue weighted by atomic mass is 9.80. The van der Waals surface area contributed by atoms with Gasteiger partial charge in [-0.25, -0.2) is 4.98 Å². The minimum absolute atomic E-state index is 0.104. The second kappa shape index (κ2) is 10.9. The second-order valence-electron chi connectivity index (χ2n) is 10.0. The first-order valence-corrected chi connectivity index (χ1v) is 12.4. The predicted molar refractivity (Wildman–Crippen MR) is 136 cm³/mol. The number of aromatic nitrogens is 2. The average molecular weight is 533 g/mol. The lowest BCUT2D eigenvalue weighted by Gasteiger charge is -2.33. The molecular weight excluding hydrogens is 501 g/mol. The number of carbonyl (C=O) groups is 2. The number of likely N-dealkylation sites (N-methyl/N-ethyl adjacent to an activating group) is 1. The summed E-state index contributed by atoms with van der Waals surface area (Å²) in [5.74, 6) is 0.349. The third-order valence-corrected chi connectivity index (χ3v) is 6.74. The molecule has 1 aromatic heterocycles. The summed E-state index contributed by atoms with van der Waals surface area (Å²) >= 11 is 0. The molecule has 0 spiro atoms. The molecular formula is C27H31F3N4O4. The van der Waals surface area contributed by atoms with Crippen molar-refractivity contribution >= 4 is 34.5 Å². The van der Waals surface area contributed by atoms with Crippen molar-refractivity contribution in [3.05, 3.63) is 48.0 Å². The Morgan fingerprint density at radius 2 is 1.74 bits per heavy atom. The molecule has 0 radical (unpaired) electrons. The molecule has 1 aliphatic rings. The van der Waals surface area contributed by atoms with Gasteiger partial charge >= 0.3 is 12.3 Å². The summed E-state index contributed by atoms with van der Waals surface area (Å²) < 4.78 is 48.4. The van der Waals surface area contributed by atoms with Gasteiger partial charge in [0.15, 0.2) is 0 Å². The number of halogens is 3. The number of hydrogen-bond acceptors (Lipinski definition) is 6. The molecule has 4 rings (SSSR count). The number of rotatable bonds is 7. The van der Waals surface area contributed by atoms with Crippen molar-refractivity contribution in [1.82, 2.24) is 14.5 Å². The Morgan fingerprint density at radius 1 is 1.08 bits per heavy atom. The maximum atomic E-state index is 13.0.